The van der Waals surface area contributed by atoms with Crippen LogP contribution in [-0.4, -0.2) is 23.2 Å². The summed E-state index contributed by atoms with van der Waals surface area (Å²) in [5.41, 5.74) is 11.0. The van der Waals surface area contributed by atoms with E-state index in [1.54, 1.807) is 0 Å². The van der Waals surface area contributed by atoms with Crippen LogP contribution in [0.25, 0.3) is 0 Å². The Morgan fingerprint density at radius 1 is 0.667 bits per heavy atom. The molecule has 158 valence electrons. The molecule has 0 saturated carbocycles. The number of rotatable bonds is 9. The molecule has 0 fully saturated rings. The van der Waals surface area contributed by atoms with E-state index in [1.165, 1.54) is 11.1 Å². The van der Waals surface area contributed by atoms with Crippen molar-refractivity contribution in [2.45, 2.75) is 53.4 Å². The molecule has 0 unspecified atom stereocenters. The minimum absolute atomic E-state index is 0.0434. The van der Waals surface area contributed by atoms with Gasteiger partial charge in [-0.25, -0.2) is 10.9 Å². The molecule has 2 aromatic rings. The molecule has 6 nitrogen and oxygen atoms in total. The fourth-order valence-electron chi connectivity index (χ4n) is 2.79. The Balaban J connectivity index is 1.85. The highest BCUT2D eigenvalue weighted by atomic mass is 16.2. The van der Waals surface area contributed by atoms with Crippen LogP contribution in [0.5, 0.6) is 0 Å². The first kappa shape index (κ1) is 23.0. The maximum atomic E-state index is 12.1. The maximum absolute atomic E-state index is 12.1. The maximum Gasteiger partial charge on any atom is 0.240 e. The first-order valence-electron chi connectivity index (χ1n) is 10.3. The van der Waals surface area contributed by atoms with Gasteiger partial charge in [-0.2, -0.15) is 10.2 Å². The third-order valence-corrected chi connectivity index (χ3v) is 4.65. The third kappa shape index (κ3) is 7.28. The largest absolute Gasteiger partial charge is 0.273 e. The number of amides is 2. The number of hydrazone groups is 2. The Labute approximate surface area is 178 Å². The van der Waals surface area contributed by atoms with Crippen molar-refractivity contribution in [3.05, 3.63) is 70.8 Å². The van der Waals surface area contributed by atoms with Crippen LogP contribution < -0.4 is 10.9 Å². The van der Waals surface area contributed by atoms with Crippen LogP contribution in [0.15, 0.2) is 58.7 Å². The van der Waals surface area contributed by atoms with Gasteiger partial charge in [0.25, 0.3) is 0 Å². The summed E-state index contributed by atoms with van der Waals surface area (Å²) < 4.78 is 0. The van der Waals surface area contributed by atoms with Gasteiger partial charge in [-0.15, -0.1) is 0 Å². The molecule has 0 heterocycles. The predicted molar refractivity (Wildman–Crippen MR) is 122 cm³/mol. The summed E-state index contributed by atoms with van der Waals surface area (Å²) in [7, 11) is 0. The van der Waals surface area contributed by atoms with E-state index in [9.17, 15) is 9.59 Å². The van der Waals surface area contributed by atoms with Gasteiger partial charge < -0.3 is 0 Å². The van der Waals surface area contributed by atoms with E-state index in [0.29, 0.717) is 12.8 Å². The molecule has 0 bridgehead atoms. The second-order valence-corrected chi connectivity index (χ2v) is 7.13. The molecule has 0 saturated heterocycles. The van der Waals surface area contributed by atoms with E-state index in [-0.39, 0.29) is 24.7 Å². The van der Waals surface area contributed by atoms with Gasteiger partial charge in [-0.3, -0.25) is 9.59 Å². The normalized spacial score (nSPS) is 11.9. The molecule has 0 atom stereocenters. The van der Waals surface area contributed by atoms with Crippen LogP contribution >= 0.6 is 0 Å². The lowest BCUT2D eigenvalue weighted by Gasteiger charge is -2.07. The number of hydrogen-bond acceptors (Lipinski definition) is 4. The summed E-state index contributed by atoms with van der Waals surface area (Å²) >= 11 is 0. The SMILES string of the molecule is CC/C(=N\NC(=O)CCC(=O)N/N=C(\CC)c1ccc(C)cc1)c1ccc(C)cc1. The Morgan fingerprint density at radius 3 is 1.30 bits per heavy atom. The van der Waals surface area contributed by atoms with Gasteiger partial charge in [0.05, 0.1) is 11.4 Å². The van der Waals surface area contributed by atoms with Crippen molar-refractivity contribution < 1.29 is 9.59 Å². The van der Waals surface area contributed by atoms with Gasteiger partial charge in [0.15, 0.2) is 0 Å². The summed E-state index contributed by atoms with van der Waals surface area (Å²) in [4.78, 5) is 24.1. The summed E-state index contributed by atoms with van der Waals surface area (Å²) in [6.07, 6.45) is 1.47. The molecule has 0 aliphatic carbocycles. The highest BCUT2D eigenvalue weighted by molar-refractivity contribution is 6.01. The number of carbonyl (C=O) groups is 2. The second-order valence-electron chi connectivity index (χ2n) is 7.13. The minimum Gasteiger partial charge on any atom is -0.273 e. The van der Waals surface area contributed by atoms with Crippen molar-refractivity contribution in [3.8, 4) is 0 Å². The lowest BCUT2D eigenvalue weighted by Crippen LogP contribution is -2.24. The number of hydrogen-bond donors (Lipinski definition) is 2. The topological polar surface area (TPSA) is 82.9 Å². The van der Waals surface area contributed by atoms with Gasteiger partial charge in [-0.05, 0) is 37.8 Å². The van der Waals surface area contributed by atoms with E-state index in [0.717, 1.165) is 22.6 Å². The third-order valence-electron chi connectivity index (χ3n) is 4.65. The average Bonchev–Trinajstić information content (AvgIpc) is 2.75. The van der Waals surface area contributed by atoms with Crippen LogP contribution in [0.1, 0.15) is 61.8 Å². The standard InChI is InChI=1S/C24H30N4O2/c1-5-21(19-11-7-17(3)8-12-19)25-27-23(29)15-16-24(30)28-26-22(6-2)20-13-9-18(4)10-14-20/h7-14H,5-6,15-16H2,1-4H3,(H,27,29)(H,28,30)/b25-21+,26-22+. The van der Waals surface area contributed by atoms with E-state index in [2.05, 4.69) is 21.1 Å². The van der Waals surface area contributed by atoms with Crippen molar-refractivity contribution in [2.24, 2.45) is 10.2 Å². The quantitative estimate of drug-likeness (QED) is 0.482. The molecule has 0 aromatic heterocycles. The highest BCUT2D eigenvalue weighted by Crippen LogP contribution is 2.08. The Bertz CT molecular complexity index is 836. The van der Waals surface area contributed by atoms with Crippen LogP contribution in [0.4, 0.5) is 0 Å². The van der Waals surface area contributed by atoms with Crippen molar-refractivity contribution >= 4 is 23.2 Å². The Morgan fingerprint density at radius 2 is 1.00 bits per heavy atom. The van der Waals surface area contributed by atoms with Gasteiger partial charge in [0.1, 0.15) is 0 Å². The van der Waals surface area contributed by atoms with Crippen LogP contribution in [-0.2, 0) is 9.59 Å². The summed E-state index contributed by atoms with van der Waals surface area (Å²) in [6, 6.07) is 16.0. The number of nitrogens with zero attached hydrogens (tertiary/aromatic N) is 2. The zero-order chi connectivity index (χ0) is 21.9. The number of benzene rings is 2. The first-order chi connectivity index (χ1) is 14.4. The number of aryl methyl sites for hydroxylation is 2. The minimum atomic E-state index is -0.304. The summed E-state index contributed by atoms with van der Waals surface area (Å²) in [5.74, 6) is -0.608. The smallest absolute Gasteiger partial charge is 0.240 e. The molecule has 2 N–H and O–H groups in total. The van der Waals surface area contributed by atoms with Crippen molar-refractivity contribution in [1.82, 2.24) is 10.9 Å². The van der Waals surface area contributed by atoms with Crippen molar-refractivity contribution in [2.75, 3.05) is 0 Å². The molecule has 2 rings (SSSR count). The first-order valence-corrected chi connectivity index (χ1v) is 10.3. The number of carbonyl (C=O) groups excluding carboxylic acids is 2. The lowest BCUT2D eigenvalue weighted by molar-refractivity contribution is -0.126. The number of nitrogens with one attached hydrogen (secondary N) is 2. The average molecular weight is 407 g/mol. The molecule has 0 radical (unpaired) electrons. The van der Waals surface area contributed by atoms with Crippen molar-refractivity contribution in [3.63, 3.8) is 0 Å². The molecule has 6 heteroatoms. The van der Waals surface area contributed by atoms with Gasteiger partial charge in [0, 0.05) is 12.8 Å². The van der Waals surface area contributed by atoms with Gasteiger partial charge in [0.2, 0.25) is 11.8 Å². The molecular weight excluding hydrogens is 376 g/mol. The molecule has 0 spiro atoms. The molecule has 30 heavy (non-hydrogen) atoms. The monoisotopic (exact) mass is 406 g/mol. The van der Waals surface area contributed by atoms with Crippen LogP contribution in [0, 0.1) is 13.8 Å². The zero-order valence-corrected chi connectivity index (χ0v) is 18.2. The second kappa shape index (κ2) is 11.7. The van der Waals surface area contributed by atoms with Crippen molar-refractivity contribution in [1.29, 1.82) is 0 Å². The van der Waals surface area contributed by atoms with E-state index >= 15 is 0 Å². The lowest BCUT2D eigenvalue weighted by atomic mass is 10.1. The summed E-state index contributed by atoms with van der Waals surface area (Å²) in [5, 5.41) is 8.42. The highest BCUT2D eigenvalue weighted by Gasteiger charge is 2.08. The van der Waals surface area contributed by atoms with E-state index in [1.807, 2.05) is 76.2 Å². The van der Waals surface area contributed by atoms with Crippen LogP contribution in [0.2, 0.25) is 0 Å². The van der Waals surface area contributed by atoms with E-state index in [4.69, 9.17) is 0 Å². The zero-order valence-electron chi connectivity index (χ0n) is 18.2. The molecule has 2 amide bonds. The molecule has 0 aliphatic heterocycles. The summed E-state index contributed by atoms with van der Waals surface area (Å²) in [6.45, 7) is 8.01. The molecule has 0 aliphatic rings. The van der Waals surface area contributed by atoms with E-state index < -0.39 is 0 Å². The van der Waals surface area contributed by atoms with Crippen LogP contribution in [0.3, 0.4) is 0 Å². The Kier molecular flexibility index (Phi) is 8.94. The fourth-order valence-corrected chi connectivity index (χ4v) is 2.79. The fraction of sp³-hybridized carbons (Fsp3) is 0.333. The van der Waals surface area contributed by atoms with Gasteiger partial charge >= 0.3 is 0 Å². The molecular formula is C24H30N4O2. The molecule has 2 aromatic carbocycles. The Hall–Kier alpha value is -3.28. The predicted octanol–water partition coefficient (Wildman–Crippen LogP) is 4.24. The van der Waals surface area contributed by atoms with Gasteiger partial charge in [-0.1, -0.05) is 73.5 Å².